The number of nitrogens with zero attached hydrogens (tertiary/aromatic N) is 1. The number of halogens is 2. The van der Waals surface area contributed by atoms with Crippen LogP contribution in [0.25, 0.3) is 11.3 Å². The van der Waals surface area contributed by atoms with Gasteiger partial charge in [0.2, 0.25) is 0 Å². The van der Waals surface area contributed by atoms with E-state index in [4.69, 9.17) is 4.74 Å². The van der Waals surface area contributed by atoms with E-state index >= 15 is 0 Å². The smallest absolute Gasteiger partial charge is 0.169 e. The molecular weight excluding hydrogens is 450 g/mol. The van der Waals surface area contributed by atoms with Crippen LogP contribution in [0.5, 0.6) is 5.75 Å². The molecule has 1 aromatic carbocycles. The van der Waals surface area contributed by atoms with Crippen LogP contribution >= 0.6 is 52.4 Å². The molecule has 0 radical (unpaired) electrons. The Hall–Kier alpha value is 0.170. The summed E-state index contributed by atoms with van der Waals surface area (Å²) >= 11 is 4.01. The van der Waals surface area contributed by atoms with E-state index in [1.165, 1.54) is 4.88 Å². The normalized spacial score (nSPS) is 12.0. The van der Waals surface area contributed by atoms with Crippen molar-refractivity contribution in [3.05, 3.63) is 32.2 Å². The maximum atomic E-state index is 13.4. The van der Waals surface area contributed by atoms with Gasteiger partial charge in [-0.05, 0) is 59.2 Å². The zero-order valence-electron chi connectivity index (χ0n) is 12.5. The van der Waals surface area contributed by atoms with Gasteiger partial charge in [0, 0.05) is 10.4 Å². The van der Waals surface area contributed by atoms with E-state index in [2.05, 4.69) is 59.9 Å². The first-order chi connectivity index (χ1) is 10.2. The SMILES string of the molecule is CC(C)Cc1sc(I)nc1-c1ccc(OCC(F)(P)P)cc1. The highest BCUT2D eigenvalue weighted by atomic mass is 127. The molecule has 0 spiro atoms. The van der Waals surface area contributed by atoms with Crippen LogP contribution in [0.4, 0.5) is 4.39 Å². The lowest BCUT2D eigenvalue weighted by Gasteiger charge is -2.15. The lowest BCUT2D eigenvalue weighted by atomic mass is 10.0. The fourth-order valence-corrected chi connectivity index (χ4v) is 4.18. The Kier molecular flexibility index (Phi) is 6.59. The summed E-state index contributed by atoms with van der Waals surface area (Å²) in [6.07, 6.45) is 1.03. The number of thiazole rings is 1. The third-order valence-corrected chi connectivity index (χ3v) is 4.95. The minimum Gasteiger partial charge on any atom is -0.490 e. The average molecular weight is 469 g/mol. The van der Waals surface area contributed by atoms with Gasteiger partial charge in [-0.3, -0.25) is 0 Å². The monoisotopic (exact) mass is 469 g/mol. The topological polar surface area (TPSA) is 22.1 Å². The molecule has 0 saturated heterocycles. The van der Waals surface area contributed by atoms with Crippen LogP contribution in [0.15, 0.2) is 24.3 Å². The molecule has 2 aromatic rings. The van der Waals surface area contributed by atoms with Crippen molar-refractivity contribution in [1.82, 2.24) is 4.98 Å². The number of alkyl halides is 1. The maximum absolute atomic E-state index is 13.4. The zero-order valence-corrected chi connectivity index (χ0v) is 17.8. The van der Waals surface area contributed by atoms with Gasteiger partial charge in [-0.2, -0.15) is 0 Å². The Bertz CT molecular complexity index is 625. The van der Waals surface area contributed by atoms with Crippen LogP contribution in [-0.4, -0.2) is 16.7 Å². The molecule has 0 aliphatic rings. The zero-order chi connectivity index (χ0) is 16.3. The molecule has 1 heterocycles. The Morgan fingerprint density at radius 3 is 2.50 bits per heavy atom. The van der Waals surface area contributed by atoms with Gasteiger partial charge >= 0.3 is 0 Å². The predicted octanol–water partition coefficient (Wildman–Crippen LogP) is 5.37. The van der Waals surface area contributed by atoms with Crippen molar-refractivity contribution >= 4 is 52.4 Å². The second kappa shape index (κ2) is 7.83. The molecule has 2 unspecified atom stereocenters. The summed E-state index contributed by atoms with van der Waals surface area (Å²) in [5.74, 6) is 1.26. The Balaban J connectivity index is 2.17. The maximum Gasteiger partial charge on any atom is 0.169 e. The first kappa shape index (κ1) is 18.5. The molecule has 120 valence electrons. The molecular formula is C15H19FINOP2S. The minimum absolute atomic E-state index is 0.0190. The van der Waals surface area contributed by atoms with Crippen molar-refractivity contribution in [3.8, 4) is 17.0 Å². The molecule has 7 heteroatoms. The predicted molar refractivity (Wildman–Crippen MR) is 108 cm³/mol. The third kappa shape index (κ3) is 5.67. The van der Waals surface area contributed by atoms with Crippen LogP contribution < -0.4 is 4.74 Å². The van der Waals surface area contributed by atoms with Crippen LogP contribution in [0.1, 0.15) is 18.7 Å². The molecule has 2 atom stereocenters. The van der Waals surface area contributed by atoms with Crippen LogP contribution in [0.3, 0.4) is 0 Å². The van der Waals surface area contributed by atoms with Crippen LogP contribution in [-0.2, 0) is 6.42 Å². The van der Waals surface area contributed by atoms with Crippen LogP contribution in [0.2, 0.25) is 0 Å². The van der Waals surface area contributed by atoms with Crippen molar-refractivity contribution in [2.75, 3.05) is 6.61 Å². The van der Waals surface area contributed by atoms with Gasteiger partial charge in [0.15, 0.2) is 8.17 Å². The first-order valence-electron chi connectivity index (χ1n) is 6.89. The first-order valence-corrected chi connectivity index (χ1v) is 9.94. The van der Waals surface area contributed by atoms with Gasteiger partial charge in [0.05, 0.1) is 5.69 Å². The standard InChI is InChI=1S/C15H19FINOP2S/c1-9(2)7-12-13(18-14(17)22-12)10-3-5-11(6-4-10)19-8-15(16,20)21/h3-6,9H,7-8,20-21H2,1-2H3. The van der Waals surface area contributed by atoms with Crippen molar-refractivity contribution in [2.24, 2.45) is 5.92 Å². The van der Waals surface area contributed by atoms with Gasteiger partial charge < -0.3 is 4.74 Å². The number of aromatic nitrogens is 1. The molecule has 0 aliphatic carbocycles. The summed E-state index contributed by atoms with van der Waals surface area (Å²) in [7, 11) is 4.20. The fourth-order valence-electron chi connectivity index (χ4n) is 1.96. The minimum atomic E-state index is -1.49. The summed E-state index contributed by atoms with van der Waals surface area (Å²) in [4.78, 5) is 5.96. The number of ether oxygens (including phenoxy) is 1. The van der Waals surface area contributed by atoms with Gasteiger partial charge in [0.25, 0.3) is 0 Å². The second-order valence-electron chi connectivity index (χ2n) is 5.58. The number of benzene rings is 1. The molecule has 2 rings (SSSR count). The van der Waals surface area contributed by atoms with E-state index in [-0.39, 0.29) is 6.61 Å². The van der Waals surface area contributed by atoms with E-state index in [0.717, 1.165) is 20.7 Å². The van der Waals surface area contributed by atoms with Gasteiger partial charge in [0.1, 0.15) is 12.4 Å². The lowest BCUT2D eigenvalue weighted by Crippen LogP contribution is -2.15. The molecule has 0 saturated carbocycles. The Labute approximate surface area is 153 Å². The molecule has 0 N–H and O–H groups in total. The highest BCUT2D eigenvalue weighted by Gasteiger charge is 2.17. The molecule has 1 aromatic heterocycles. The summed E-state index contributed by atoms with van der Waals surface area (Å²) in [5.41, 5.74) is 2.12. The lowest BCUT2D eigenvalue weighted by molar-refractivity contribution is 0.232. The highest BCUT2D eigenvalue weighted by molar-refractivity contribution is 14.1. The van der Waals surface area contributed by atoms with E-state index < -0.39 is 5.15 Å². The van der Waals surface area contributed by atoms with E-state index in [1.807, 2.05) is 24.3 Å². The quantitative estimate of drug-likeness (QED) is 0.420. The van der Waals surface area contributed by atoms with Crippen molar-refractivity contribution in [1.29, 1.82) is 0 Å². The van der Waals surface area contributed by atoms with Crippen molar-refractivity contribution < 1.29 is 9.13 Å². The highest BCUT2D eigenvalue weighted by Crippen LogP contribution is 2.33. The van der Waals surface area contributed by atoms with Crippen LogP contribution in [0, 0.1) is 8.93 Å². The molecule has 2 nitrogen and oxygen atoms in total. The molecule has 0 bridgehead atoms. The third-order valence-electron chi connectivity index (χ3n) is 2.85. The number of rotatable bonds is 6. The molecule has 0 amide bonds. The molecule has 0 aliphatic heterocycles. The molecule has 0 fully saturated rings. The second-order valence-corrected chi connectivity index (χ2v) is 11.0. The Morgan fingerprint density at radius 2 is 1.95 bits per heavy atom. The largest absolute Gasteiger partial charge is 0.490 e. The van der Waals surface area contributed by atoms with Gasteiger partial charge in [-0.15, -0.1) is 11.3 Å². The summed E-state index contributed by atoms with van der Waals surface area (Å²) in [6, 6.07) is 7.69. The van der Waals surface area contributed by atoms with Crippen molar-refractivity contribution in [3.63, 3.8) is 0 Å². The number of hydrogen-bond donors (Lipinski definition) is 0. The summed E-state index contributed by atoms with van der Waals surface area (Å²) in [5, 5.41) is -1.49. The van der Waals surface area contributed by atoms with Gasteiger partial charge in [-0.1, -0.05) is 32.3 Å². The van der Waals surface area contributed by atoms with Crippen molar-refractivity contribution in [2.45, 2.75) is 25.4 Å². The average Bonchev–Trinajstić information content (AvgIpc) is 2.76. The van der Waals surface area contributed by atoms with E-state index in [0.29, 0.717) is 11.7 Å². The Morgan fingerprint density at radius 1 is 1.32 bits per heavy atom. The summed E-state index contributed by atoms with van der Waals surface area (Å²) in [6.45, 7) is 4.40. The summed E-state index contributed by atoms with van der Waals surface area (Å²) < 4.78 is 19.9. The van der Waals surface area contributed by atoms with E-state index in [1.54, 1.807) is 11.3 Å². The fraction of sp³-hybridized carbons (Fsp3) is 0.400. The molecule has 22 heavy (non-hydrogen) atoms. The van der Waals surface area contributed by atoms with E-state index in [9.17, 15) is 4.39 Å². The van der Waals surface area contributed by atoms with Gasteiger partial charge in [-0.25, -0.2) is 9.37 Å². The number of hydrogen-bond acceptors (Lipinski definition) is 3.